The van der Waals surface area contributed by atoms with Crippen molar-refractivity contribution in [1.82, 2.24) is 20.2 Å². The molecule has 224 valence electrons. The first-order valence-electron chi connectivity index (χ1n) is 14.4. The topological polar surface area (TPSA) is 127 Å². The van der Waals surface area contributed by atoms with Crippen molar-refractivity contribution in [2.24, 2.45) is 0 Å². The fourth-order valence-electron chi connectivity index (χ4n) is 5.18. The van der Waals surface area contributed by atoms with Crippen LogP contribution in [0.2, 0.25) is 0 Å². The van der Waals surface area contributed by atoms with Gasteiger partial charge in [-0.1, -0.05) is 54.6 Å². The third-order valence-electron chi connectivity index (χ3n) is 7.56. The standard InChI is InChI=1S/C35H36N6O3/c1-43-27-17-16-25(32(21-27)44-2)23-41(33(36)18-15-24-10-4-3-5-11-24)34(37)31(40-35(42)30-14-8-9-19-38-30)20-26-22-39-29-13-7-6-12-28(26)29/h3-14,16-17,19,21-22,31,36-37,39H,15,18,20,23H2,1-2H3,(H,40,42)/t31-/m1/s1. The monoisotopic (exact) mass is 588 g/mol. The number of benzene rings is 3. The highest BCUT2D eigenvalue weighted by atomic mass is 16.5. The van der Waals surface area contributed by atoms with Crippen LogP contribution in [0.25, 0.3) is 10.9 Å². The average molecular weight is 589 g/mol. The third kappa shape index (κ3) is 7.12. The number of ether oxygens (including phenoxy) is 2. The first-order chi connectivity index (χ1) is 21.5. The van der Waals surface area contributed by atoms with E-state index in [1.807, 2.05) is 72.9 Å². The molecule has 0 saturated carbocycles. The van der Waals surface area contributed by atoms with E-state index in [0.717, 1.165) is 27.6 Å². The van der Waals surface area contributed by atoms with Gasteiger partial charge in [0.05, 0.1) is 26.8 Å². The van der Waals surface area contributed by atoms with Gasteiger partial charge in [-0.25, -0.2) is 0 Å². The molecule has 1 atom stereocenters. The molecule has 0 aliphatic heterocycles. The normalized spacial score (nSPS) is 11.5. The lowest BCUT2D eigenvalue weighted by atomic mass is 10.0. The predicted octanol–water partition coefficient (Wildman–Crippen LogP) is 6.01. The Hall–Kier alpha value is -5.44. The number of aryl methyl sites for hydroxylation is 1. The van der Waals surface area contributed by atoms with Crippen LogP contribution in [0.3, 0.4) is 0 Å². The van der Waals surface area contributed by atoms with Crippen LogP contribution in [0.4, 0.5) is 0 Å². The Morgan fingerprint density at radius 3 is 2.45 bits per heavy atom. The van der Waals surface area contributed by atoms with Crippen molar-refractivity contribution in [1.29, 1.82) is 10.8 Å². The number of aromatic nitrogens is 2. The van der Waals surface area contributed by atoms with E-state index in [2.05, 4.69) is 15.3 Å². The molecule has 1 amide bonds. The number of H-pyrrole nitrogens is 1. The van der Waals surface area contributed by atoms with Gasteiger partial charge in [-0.15, -0.1) is 0 Å². The molecule has 9 nitrogen and oxygen atoms in total. The number of amidine groups is 2. The first-order valence-corrected chi connectivity index (χ1v) is 14.4. The van der Waals surface area contributed by atoms with E-state index >= 15 is 0 Å². The summed E-state index contributed by atoms with van der Waals surface area (Å²) in [5.74, 6) is 1.19. The lowest BCUT2D eigenvalue weighted by Gasteiger charge is -2.31. The second kappa shape index (κ2) is 14.2. The Bertz CT molecular complexity index is 1740. The molecule has 0 aliphatic carbocycles. The van der Waals surface area contributed by atoms with Crippen molar-refractivity contribution < 1.29 is 14.3 Å². The van der Waals surface area contributed by atoms with Gasteiger partial charge in [0.2, 0.25) is 0 Å². The first kappa shape index (κ1) is 30.0. The van der Waals surface area contributed by atoms with Crippen LogP contribution >= 0.6 is 0 Å². The predicted molar refractivity (Wildman–Crippen MR) is 173 cm³/mol. The van der Waals surface area contributed by atoms with Gasteiger partial charge in [-0.05, 0) is 47.9 Å². The Balaban J connectivity index is 1.49. The fourth-order valence-corrected chi connectivity index (χ4v) is 5.18. The minimum Gasteiger partial charge on any atom is -0.497 e. The molecule has 0 radical (unpaired) electrons. The molecule has 0 unspecified atom stereocenters. The van der Waals surface area contributed by atoms with Gasteiger partial charge in [0.1, 0.15) is 28.9 Å². The maximum absolute atomic E-state index is 13.4. The molecule has 3 aromatic carbocycles. The molecule has 44 heavy (non-hydrogen) atoms. The summed E-state index contributed by atoms with van der Waals surface area (Å²) in [6.45, 7) is 0.198. The number of methoxy groups -OCH3 is 2. The maximum Gasteiger partial charge on any atom is 0.270 e. The number of pyridine rings is 1. The van der Waals surface area contributed by atoms with E-state index in [-0.39, 0.29) is 23.9 Å². The number of nitrogens with one attached hydrogen (secondary N) is 4. The molecule has 4 N–H and O–H groups in total. The van der Waals surface area contributed by atoms with Crippen LogP contribution in [0.15, 0.2) is 103 Å². The lowest BCUT2D eigenvalue weighted by molar-refractivity contribution is 0.0940. The van der Waals surface area contributed by atoms with E-state index in [1.54, 1.807) is 49.6 Å². The van der Waals surface area contributed by atoms with Crippen LogP contribution in [0.1, 0.15) is 33.6 Å². The van der Waals surface area contributed by atoms with Gasteiger partial charge in [-0.2, -0.15) is 0 Å². The van der Waals surface area contributed by atoms with Gasteiger partial charge < -0.3 is 24.7 Å². The number of aromatic amines is 1. The Morgan fingerprint density at radius 2 is 1.70 bits per heavy atom. The number of rotatable bonds is 12. The van der Waals surface area contributed by atoms with Crippen LogP contribution in [-0.4, -0.2) is 52.7 Å². The summed E-state index contributed by atoms with van der Waals surface area (Å²) in [4.78, 5) is 22.6. The largest absolute Gasteiger partial charge is 0.497 e. The second-order valence-electron chi connectivity index (χ2n) is 10.4. The summed E-state index contributed by atoms with van der Waals surface area (Å²) in [5, 5.41) is 22.8. The van der Waals surface area contributed by atoms with Gasteiger partial charge in [0.15, 0.2) is 0 Å². The van der Waals surface area contributed by atoms with Crippen molar-refractivity contribution in [3.63, 3.8) is 0 Å². The lowest BCUT2D eigenvalue weighted by Crippen LogP contribution is -2.51. The number of carbonyl (C=O) groups is 1. The number of hydrogen-bond donors (Lipinski definition) is 4. The van der Waals surface area contributed by atoms with E-state index in [0.29, 0.717) is 30.8 Å². The zero-order valence-electron chi connectivity index (χ0n) is 24.8. The fraction of sp³-hybridized carbons (Fsp3) is 0.200. The molecule has 0 saturated heterocycles. The van der Waals surface area contributed by atoms with Gasteiger partial charge in [-0.3, -0.25) is 20.6 Å². The smallest absolute Gasteiger partial charge is 0.270 e. The number of carbonyl (C=O) groups excluding carboxylic acids is 1. The van der Waals surface area contributed by atoms with E-state index in [1.165, 1.54) is 0 Å². The molecule has 0 aliphatic rings. The van der Waals surface area contributed by atoms with Gasteiger partial charge in [0, 0.05) is 47.8 Å². The molecule has 0 spiro atoms. The molecule has 9 heteroatoms. The zero-order chi connectivity index (χ0) is 30.9. The zero-order valence-corrected chi connectivity index (χ0v) is 24.8. The number of hydrogen-bond acceptors (Lipinski definition) is 6. The number of nitrogens with zero attached hydrogens (tertiary/aromatic N) is 2. The average Bonchev–Trinajstić information content (AvgIpc) is 3.48. The highest BCUT2D eigenvalue weighted by Gasteiger charge is 2.28. The summed E-state index contributed by atoms with van der Waals surface area (Å²) in [5.41, 5.74) is 4.06. The molecule has 2 aromatic heterocycles. The Kier molecular flexibility index (Phi) is 9.66. The maximum atomic E-state index is 13.4. The van der Waals surface area contributed by atoms with Crippen molar-refractivity contribution in [2.75, 3.05) is 14.2 Å². The molecule has 5 aromatic rings. The Morgan fingerprint density at radius 1 is 0.932 bits per heavy atom. The van der Waals surface area contributed by atoms with Crippen molar-refractivity contribution in [2.45, 2.75) is 31.8 Å². The van der Waals surface area contributed by atoms with Gasteiger partial charge >= 0.3 is 0 Å². The summed E-state index contributed by atoms with van der Waals surface area (Å²) in [7, 11) is 3.18. The van der Waals surface area contributed by atoms with Crippen molar-refractivity contribution in [3.05, 3.63) is 126 Å². The van der Waals surface area contributed by atoms with Crippen LogP contribution in [0.5, 0.6) is 11.5 Å². The molecule has 0 bridgehead atoms. The number of amides is 1. The molecule has 5 rings (SSSR count). The Labute approximate surface area is 256 Å². The van der Waals surface area contributed by atoms with E-state index < -0.39 is 11.9 Å². The summed E-state index contributed by atoms with van der Waals surface area (Å²) in [6, 6.07) is 27.8. The minimum atomic E-state index is -0.759. The quantitative estimate of drug-likeness (QED) is 0.105. The van der Waals surface area contributed by atoms with E-state index in [4.69, 9.17) is 9.47 Å². The van der Waals surface area contributed by atoms with Crippen molar-refractivity contribution >= 4 is 28.5 Å². The SMILES string of the molecule is COc1ccc(CN(C(=N)CCc2ccccc2)C(=N)[C@@H](Cc2c[nH]c3ccccc23)NC(=O)c2ccccn2)c(OC)c1. The third-order valence-corrected chi connectivity index (χ3v) is 7.56. The number of fused-ring (bicyclic) bond motifs is 1. The highest BCUT2D eigenvalue weighted by molar-refractivity contribution is 6.03. The highest BCUT2D eigenvalue weighted by Crippen LogP contribution is 2.27. The van der Waals surface area contributed by atoms with Crippen molar-refractivity contribution in [3.8, 4) is 11.5 Å². The van der Waals surface area contributed by atoms with Crippen LogP contribution < -0.4 is 14.8 Å². The summed E-state index contributed by atoms with van der Waals surface area (Å²) >= 11 is 0. The van der Waals surface area contributed by atoms with Crippen LogP contribution in [-0.2, 0) is 19.4 Å². The molecule has 2 heterocycles. The molecule has 0 fully saturated rings. The number of para-hydroxylation sites is 1. The van der Waals surface area contributed by atoms with Gasteiger partial charge in [0.25, 0.3) is 5.91 Å². The van der Waals surface area contributed by atoms with E-state index in [9.17, 15) is 15.6 Å². The minimum absolute atomic E-state index is 0.0931. The summed E-state index contributed by atoms with van der Waals surface area (Å²) in [6.07, 6.45) is 4.85. The van der Waals surface area contributed by atoms with Crippen LogP contribution in [0, 0.1) is 10.8 Å². The molecular weight excluding hydrogens is 552 g/mol. The molecular formula is C35H36N6O3. The summed E-state index contributed by atoms with van der Waals surface area (Å²) < 4.78 is 11.0. The second-order valence-corrected chi connectivity index (χ2v) is 10.4.